The van der Waals surface area contributed by atoms with Crippen LogP contribution in [0.25, 0.3) is 0 Å². The fourth-order valence-electron chi connectivity index (χ4n) is 2.42. The lowest BCUT2D eigenvalue weighted by Gasteiger charge is -2.17. The molecule has 3 aromatic rings. The first-order valence-corrected chi connectivity index (χ1v) is 8.07. The summed E-state index contributed by atoms with van der Waals surface area (Å²) in [4.78, 5) is 22.6. The first-order valence-electron chi connectivity index (χ1n) is 8.07. The summed E-state index contributed by atoms with van der Waals surface area (Å²) < 4.78 is 0. The molecule has 0 fully saturated rings. The molecule has 1 amide bonds. The van der Waals surface area contributed by atoms with Gasteiger partial charge in [-0.1, -0.05) is 48.0 Å². The zero-order chi connectivity index (χ0) is 17.6. The molecule has 0 saturated carbocycles. The molecule has 1 heterocycles. The third-order valence-electron chi connectivity index (χ3n) is 3.82. The van der Waals surface area contributed by atoms with E-state index in [1.165, 1.54) is 5.56 Å². The van der Waals surface area contributed by atoms with Crippen LogP contribution in [0.2, 0.25) is 0 Å². The van der Waals surface area contributed by atoms with Crippen molar-refractivity contribution in [2.75, 3.05) is 12.4 Å². The van der Waals surface area contributed by atoms with Crippen LogP contribution in [-0.4, -0.2) is 27.8 Å². The molecule has 0 atom stereocenters. The second-order valence-electron chi connectivity index (χ2n) is 5.93. The molecule has 2 aromatic carbocycles. The van der Waals surface area contributed by atoms with E-state index < -0.39 is 0 Å². The number of hydrogen-bond acceptors (Lipinski definition) is 4. The smallest absolute Gasteiger partial charge is 0.257 e. The molecule has 0 aliphatic heterocycles. The highest BCUT2D eigenvalue weighted by atomic mass is 16.2. The maximum absolute atomic E-state index is 12.5. The molecule has 0 unspecified atom stereocenters. The summed E-state index contributed by atoms with van der Waals surface area (Å²) in [6.07, 6.45) is 3.10. The van der Waals surface area contributed by atoms with E-state index in [1.54, 1.807) is 24.3 Å². The van der Waals surface area contributed by atoms with Gasteiger partial charge in [0.05, 0.1) is 5.56 Å². The molecule has 0 bridgehead atoms. The SMILES string of the molecule is Cc1ccc(Nc2ncc(C(=O)N(C)Cc3ccccc3)cn2)cc1. The van der Waals surface area contributed by atoms with Crippen LogP contribution < -0.4 is 5.32 Å². The van der Waals surface area contributed by atoms with Gasteiger partial charge in [-0.15, -0.1) is 0 Å². The maximum atomic E-state index is 12.5. The number of benzene rings is 2. The summed E-state index contributed by atoms with van der Waals surface area (Å²) in [5.74, 6) is 0.358. The summed E-state index contributed by atoms with van der Waals surface area (Å²) in [5, 5.41) is 3.12. The molecule has 1 aromatic heterocycles. The van der Waals surface area contributed by atoms with E-state index >= 15 is 0 Å². The molecule has 0 aliphatic carbocycles. The van der Waals surface area contributed by atoms with E-state index in [0.717, 1.165) is 11.3 Å². The van der Waals surface area contributed by atoms with Gasteiger partial charge in [-0.25, -0.2) is 9.97 Å². The minimum Gasteiger partial charge on any atom is -0.337 e. The fourth-order valence-corrected chi connectivity index (χ4v) is 2.42. The van der Waals surface area contributed by atoms with Crippen LogP contribution in [0, 0.1) is 6.92 Å². The van der Waals surface area contributed by atoms with Gasteiger partial charge in [-0.2, -0.15) is 0 Å². The molecule has 5 heteroatoms. The molecular formula is C20H20N4O. The number of aryl methyl sites for hydroxylation is 1. The van der Waals surface area contributed by atoms with E-state index in [2.05, 4.69) is 15.3 Å². The summed E-state index contributed by atoms with van der Waals surface area (Å²) >= 11 is 0. The summed E-state index contributed by atoms with van der Waals surface area (Å²) in [6.45, 7) is 2.58. The molecule has 0 spiro atoms. The topological polar surface area (TPSA) is 58.1 Å². The number of amides is 1. The van der Waals surface area contributed by atoms with Crippen LogP contribution in [0.3, 0.4) is 0 Å². The molecular weight excluding hydrogens is 312 g/mol. The lowest BCUT2D eigenvalue weighted by molar-refractivity contribution is 0.0784. The van der Waals surface area contributed by atoms with Crippen LogP contribution in [0.1, 0.15) is 21.5 Å². The predicted octanol–water partition coefficient (Wildman–Crippen LogP) is 3.80. The van der Waals surface area contributed by atoms with E-state index in [9.17, 15) is 4.79 Å². The summed E-state index contributed by atoms with van der Waals surface area (Å²) in [7, 11) is 1.77. The summed E-state index contributed by atoms with van der Waals surface area (Å²) in [6, 6.07) is 17.8. The summed E-state index contributed by atoms with van der Waals surface area (Å²) in [5.41, 5.74) is 3.64. The van der Waals surface area contributed by atoms with E-state index in [1.807, 2.05) is 61.5 Å². The number of carbonyl (C=O) groups excluding carboxylic acids is 1. The zero-order valence-electron chi connectivity index (χ0n) is 14.3. The van der Waals surface area contributed by atoms with Crippen molar-refractivity contribution in [2.24, 2.45) is 0 Å². The Balaban J connectivity index is 1.64. The van der Waals surface area contributed by atoms with Gasteiger partial charge in [0.15, 0.2) is 0 Å². The van der Waals surface area contributed by atoms with Crippen molar-refractivity contribution in [3.8, 4) is 0 Å². The van der Waals surface area contributed by atoms with Crippen LogP contribution in [0.15, 0.2) is 67.0 Å². The van der Waals surface area contributed by atoms with Crippen molar-refractivity contribution in [1.29, 1.82) is 0 Å². The highest BCUT2D eigenvalue weighted by Crippen LogP contribution is 2.14. The predicted molar refractivity (Wildman–Crippen MR) is 98.7 cm³/mol. The highest BCUT2D eigenvalue weighted by Gasteiger charge is 2.13. The lowest BCUT2D eigenvalue weighted by Crippen LogP contribution is -2.26. The monoisotopic (exact) mass is 332 g/mol. The Kier molecular flexibility index (Phi) is 5.04. The lowest BCUT2D eigenvalue weighted by atomic mass is 10.2. The van der Waals surface area contributed by atoms with Gasteiger partial charge >= 0.3 is 0 Å². The molecule has 0 aliphatic rings. The van der Waals surface area contributed by atoms with Gasteiger partial charge in [0, 0.05) is 31.7 Å². The average molecular weight is 332 g/mol. The van der Waals surface area contributed by atoms with E-state index in [4.69, 9.17) is 0 Å². The number of rotatable bonds is 5. The number of nitrogens with zero attached hydrogens (tertiary/aromatic N) is 3. The van der Waals surface area contributed by atoms with E-state index in [-0.39, 0.29) is 5.91 Å². The van der Waals surface area contributed by atoms with Crippen LogP contribution in [-0.2, 0) is 6.54 Å². The Morgan fingerprint density at radius 2 is 1.64 bits per heavy atom. The molecule has 25 heavy (non-hydrogen) atoms. The zero-order valence-corrected chi connectivity index (χ0v) is 14.3. The normalized spacial score (nSPS) is 10.3. The minimum atomic E-state index is -0.106. The van der Waals surface area contributed by atoms with Crippen molar-refractivity contribution in [3.05, 3.63) is 83.7 Å². The van der Waals surface area contributed by atoms with Crippen molar-refractivity contribution in [3.63, 3.8) is 0 Å². The molecule has 1 N–H and O–H groups in total. The molecule has 3 rings (SSSR count). The van der Waals surface area contributed by atoms with Crippen LogP contribution in [0.5, 0.6) is 0 Å². The molecule has 0 saturated heterocycles. The van der Waals surface area contributed by atoms with Gasteiger partial charge in [-0.05, 0) is 24.6 Å². The Bertz CT molecular complexity index is 830. The Morgan fingerprint density at radius 1 is 1.00 bits per heavy atom. The highest BCUT2D eigenvalue weighted by molar-refractivity contribution is 5.93. The largest absolute Gasteiger partial charge is 0.337 e. The van der Waals surface area contributed by atoms with Crippen molar-refractivity contribution in [2.45, 2.75) is 13.5 Å². The maximum Gasteiger partial charge on any atom is 0.257 e. The Labute approximate surface area is 147 Å². The van der Waals surface area contributed by atoms with Crippen LogP contribution in [0.4, 0.5) is 11.6 Å². The minimum absolute atomic E-state index is 0.106. The van der Waals surface area contributed by atoms with Gasteiger partial charge in [0.1, 0.15) is 0 Å². The third kappa shape index (κ3) is 4.41. The van der Waals surface area contributed by atoms with Crippen LogP contribution >= 0.6 is 0 Å². The molecule has 5 nitrogen and oxygen atoms in total. The van der Waals surface area contributed by atoms with Crippen molar-refractivity contribution < 1.29 is 4.79 Å². The second-order valence-corrected chi connectivity index (χ2v) is 5.93. The average Bonchev–Trinajstić information content (AvgIpc) is 2.64. The first-order chi connectivity index (χ1) is 12.1. The first kappa shape index (κ1) is 16.6. The Hall–Kier alpha value is -3.21. The fraction of sp³-hybridized carbons (Fsp3) is 0.150. The molecule has 0 radical (unpaired) electrons. The second kappa shape index (κ2) is 7.57. The molecule has 126 valence electrons. The number of anilines is 2. The standard InChI is InChI=1S/C20H20N4O/c1-15-8-10-18(11-9-15)23-20-21-12-17(13-22-20)19(25)24(2)14-16-6-4-3-5-7-16/h3-13H,14H2,1-2H3,(H,21,22,23). The quantitative estimate of drug-likeness (QED) is 0.772. The Morgan fingerprint density at radius 3 is 2.28 bits per heavy atom. The number of aromatic nitrogens is 2. The number of nitrogens with one attached hydrogen (secondary N) is 1. The van der Waals surface area contributed by atoms with Gasteiger partial charge in [0.25, 0.3) is 5.91 Å². The van der Waals surface area contributed by atoms with Crippen molar-refractivity contribution in [1.82, 2.24) is 14.9 Å². The van der Waals surface area contributed by atoms with Gasteiger partial charge in [-0.3, -0.25) is 4.79 Å². The third-order valence-corrected chi connectivity index (χ3v) is 3.82. The van der Waals surface area contributed by atoms with Crippen molar-refractivity contribution >= 4 is 17.5 Å². The van der Waals surface area contributed by atoms with E-state index in [0.29, 0.717) is 18.1 Å². The van der Waals surface area contributed by atoms with Gasteiger partial charge in [0.2, 0.25) is 5.95 Å². The van der Waals surface area contributed by atoms with Gasteiger partial charge < -0.3 is 10.2 Å². The number of carbonyl (C=O) groups is 1. The number of hydrogen-bond donors (Lipinski definition) is 1.